The van der Waals surface area contributed by atoms with E-state index in [0.717, 1.165) is 10.6 Å². The summed E-state index contributed by atoms with van der Waals surface area (Å²) in [5, 5.41) is 3.45. The molecule has 0 unspecified atom stereocenters. The lowest BCUT2D eigenvalue weighted by atomic mass is 10.2. The number of ether oxygens (including phenoxy) is 2. The van der Waals surface area contributed by atoms with Crippen molar-refractivity contribution >= 4 is 28.9 Å². The van der Waals surface area contributed by atoms with Gasteiger partial charge in [0, 0.05) is 11.3 Å². The first-order valence-electron chi connectivity index (χ1n) is 8.66. The Morgan fingerprint density at radius 3 is 2.39 bits per heavy atom. The van der Waals surface area contributed by atoms with Crippen LogP contribution in [0.5, 0.6) is 5.75 Å². The molecule has 0 aliphatic rings. The van der Waals surface area contributed by atoms with Crippen molar-refractivity contribution in [3.63, 3.8) is 0 Å². The number of carbonyl (C=O) groups is 2. The van der Waals surface area contributed by atoms with Crippen LogP contribution in [0.4, 0.5) is 5.69 Å². The Morgan fingerprint density at radius 1 is 1.07 bits per heavy atom. The van der Waals surface area contributed by atoms with Crippen molar-refractivity contribution in [2.45, 2.75) is 20.0 Å². The molecule has 144 valence electrons. The van der Waals surface area contributed by atoms with Crippen LogP contribution >= 0.6 is 11.3 Å². The first kappa shape index (κ1) is 19.6. The number of carbonyl (C=O) groups excluding carboxylic acids is 2. The minimum atomic E-state index is -0.948. The topological polar surface area (TPSA) is 77.5 Å². The molecule has 0 bridgehead atoms. The average Bonchev–Trinajstić information content (AvgIpc) is 3.11. The van der Waals surface area contributed by atoms with Gasteiger partial charge in [-0.1, -0.05) is 30.3 Å². The zero-order valence-corrected chi connectivity index (χ0v) is 16.6. The molecule has 1 aromatic heterocycles. The minimum Gasteiger partial charge on any atom is -0.497 e. The van der Waals surface area contributed by atoms with E-state index < -0.39 is 18.0 Å². The van der Waals surface area contributed by atoms with E-state index in [1.54, 1.807) is 38.3 Å². The highest BCUT2D eigenvalue weighted by Crippen LogP contribution is 2.28. The normalized spacial score (nSPS) is 11.5. The van der Waals surface area contributed by atoms with Crippen molar-refractivity contribution in [2.24, 2.45) is 0 Å². The molecule has 0 aliphatic heterocycles. The maximum atomic E-state index is 12.5. The van der Waals surface area contributed by atoms with E-state index in [4.69, 9.17) is 9.47 Å². The molecule has 2 aromatic carbocycles. The van der Waals surface area contributed by atoms with E-state index in [0.29, 0.717) is 22.0 Å². The van der Waals surface area contributed by atoms with E-state index in [2.05, 4.69) is 10.3 Å². The number of benzene rings is 2. The number of esters is 1. The smallest absolute Gasteiger partial charge is 0.351 e. The van der Waals surface area contributed by atoms with Gasteiger partial charge in [-0.15, -0.1) is 11.3 Å². The molecule has 0 fully saturated rings. The Hall–Kier alpha value is -3.19. The molecule has 28 heavy (non-hydrogen) atoms. The van der Waals surface area contributed by atoms with Crippen LogP contribution in [-0.4, -0.2) is 30.1 Å². The Labute approximate surface area is 167 Å². The number of amides is 1. The summed E-state index contributed by atoms with van der Waals surface area (Å²) < 4.78 is 10.4. The fourth-order valence-electron chi connectivity index (χ4n) is 2.48. The number of anilines is 1. The molecular weight excluding hydrogens is 376 g/mol. The summed E-state index contributed by atoms with van der Waals surface area (Å²) in [5.41, 5.74) is 2.10. The molecule has 0 aliphatic carbocycles. The quantitative estimate of drug-likeness (QED) is 0.628. The highest BCUT2D eigenvalue weighted by molar-refractivity contribution is 7.17. The van der Waals surface area contributed by atoms with Crippen molar-refractivity contribution in [1.29, 1.82) is 0 Å². The summed E-state index contributed by atoms with van der Waals surface area (Å²) in [6, 6.07) is 16.5. The molecule has 7 heteroatoms. The molecule has 1 amide bonds. The molecule has 0 spiro atoms. The summed E-state index contributed by atoms with van der Waals surface area (Å²) in [5.74, 6) is -0.286. The fraction of sp³-hybridized carbons (Fsp3) is 0.190. The van der Waals surface area contributed by atoms with Crippen LogP contribution in [0.15, 0.2) is 54.6 Å². The van der Waals surface area contributed by atoms with E-state index in [9.17, 15) is 9.59 Å². The van der Waals surface area contributed by atoms with Gasteiger partial charge in [0.1, 0.15) is 15.6 Å². The Morgan fingerprint density at radius 2 is 1.75 bits per heavy atom. The molecule has 0 saturated heterocycles. The largest absolute Gasteiger partial charge is 0.497 e. The van der Waals surface area contributed by atoms with Gasteiger partial charge in [-0.3, -0.25) is 4.79 Å². The van der Waals surface area contributed by atoms with Gasteiger partial charge in [0.15, 0.2) is 6.10 Å². The van der Waals surface area contributed by atoms with Crippen molar-refractivity contribution in [3.05, 3.63) is 65.2 Å². The van der Waals surface area contributed by atoms with Gasteiger partial charge in [-0.25, -0.2) is 9.78 Å². The highest BCUT2D eigenvalue weighted by Gasteiger charge is 2.23. The van der Waals surface area contributed by atoms with Crippen LogP contribution in [0.2, 0.25) is 0 Å². The monoisotopic (exact) mass is 396 g/mol. The van der Waals surface area contributed by atoms with Crippen LogP contribution < -0.4 is 10.1 Å². The Balaban J connectivity index is 1.65. The van der Waals surface area contributed by atoms with Crippen molar-refractivity contribution < 1.29 is 19.1 Å². The number of hydrogen-bond acceptors (Lipinski definition) is 6. The van der Waals surface area contributed by atoms with Crippen LogP contribution in [0.25, 0.3) is 10.6 Å². The maximum Gasteiger partial charge on any atom is 0.351 e. The summed E-state index contributed by atoms with van der Waals surface area (Å²) in [6.07, 6.45) is -0.948. The molecule has 3 aromatic rings. The number of rotatable bonds is 6. The van der Waals surface area contributed by atoms with E-state index in [1.807, 2.05) is 30.3 Å². The molecule has 0 radical (unpaired) electrons. The van der Waals surface area contributed by atoms with E-state index >= 15 is 0 Å². The van der Waals surface area contributed by atoms with Crippen molar-refractivity contribution in [1.82, 2.24) is 4.98 Å². The van der Waals surface area contributed by atoms with Gasteiger partial charge in [0.2, 0.25) is 0 Å². The standard InChI is InChI=1S/C21H20N2O4S/c1-13-18(28-20(22-13)15-7-5-4-6-8-15)21(25)27-14(2)19(24)23-16-9-11-17(26-3)12-10-16/h4-12,14H,1-3H3,(H,23,24)/t14-/m0/s1. The second-order valence-electron chi connectivity index (χ2n) is 6.06. The first-order chi connectivity index (χ1) is 13.5. The summed E-state index contributed by atoms with van der Waals surface area (Å²) in [7, 11) is 1.57. The second-order valence-corrected chi connectivity index (χ2v) is 7.06. The SMILES string of the molecule is COc1ccc(NC(=O)[C@H](C)OC(=O)c2sc(-c3ccccc3)nc2C)cc1. The van der Waals surface area contributed by atoms with Crippen LogP contribution in [0, 0.1) is 6.92 Å². The van der Waals surface area contributed by atoms with Gasteiger partial charge in [-0.05, 0) is 38.1 Å². The maximum absolute atomic E-state index is 12.5. The fourth-order valence-corrected chi connectivity index (χ4v) is 3.43. The number of aryl methyl sites for hydroxylation is 1. The lowest BCUT2D eigenvalue weighted by Gasteiger charge is -2.13. The summed E-state index contributed by atoms with van der Waals surface area (Å²) >= 11 is 1.25. The second kappa shape index (κ2) is 8.67. The minimum absolute atomic E-state index is 0.392. The van der Waals surface area contributed by atoms with Gasteiger partial charge >= 0.3 is 5.97 Å². The predicted molar refractivity (Wildman–Crippen MR) is 109 cm³/mol. The van der Waals surface area contributed by atoms with Gasteiger partial charge < -0.3 is 14.8 Å². The third-order valence-electron chi connectivity index (χ3n) is 4.01. The predicted octanol–water partition coefficient (Wildman–Crippen LogP) is 4.31. The zero-order valence-electron chi connectivity index (χ0n) is 15.8. The van der Waals surface area contributed by atoms with Crippen molar-refractivity contribution in [3.8, 4) is 16.3 Å². The summed E-state index contributed by atoms with van der Waals surface area (Å²) in [4.78, 5) is 29.7. The lowest BCUT2D eigenvalue weighted by molar-refractivity contribution is -0.123. The number of methoxy groups -OCH3 is 1. The molecular formula is C21H20N2O4S. The zero-order chi connectivity index (χ0) is 20.1. The third-order valence-corrected chi connectivity index (χ3v) is 5.20. The molecule has 1 atom stereocenters. The van der Waals surface area contributed by atoms with E-state index in [1.165, 1.54) is 18.3 Å². The molecule has 6 nitrogen and oxygen atoms in total. The number of aromatic nitrogens is 1. The van der Waals surface area contributed by atoms with Gasteiger partial charge in [0.25, 0.3) is 5.91 Å². The molecule has 1 heterocycles. The molecule has 0 saturated carbocycles. The number of hydrogen-bond donors (Lipinski definition) is 1. The molecule has 1 N–H and O–H groups in total. The lowest BCUT2D eigenvalue weighted by Crippen LogP contribution is -2.29. The first-order valence-corrected chi connectivity index (χ1v) is 9.48. The van der Waals surface area contributed by atoms with Crippen LogP contribution in [-0.2, 0) is 9.53 Å². The summed E-state index contributed by atoms with van der Waals surface area (Å²) in [6.45, 7) is 3.28. The Bertz CT molecular complexity index is 968. The Kier molecular flexibility index (Phi) is 6.06. The molecule has 3 rings (SSSR count). The number of nitrogens with zero attached hydrogens (tertiary/aromatic N) is 1. The third kappa shape index (κ3) is 4.55. The van der Waals surface area contributed by atoms with Gasteiger partial charge in [0.05, 0.1) is 12.8 Å². The number of nitrogens with one attached hydrogen (secondary N) is 1. The average molecular weight is 396 g/mol. The van der Waals surface area contributed by atoms with E-state index in [-0.39, 0.29) is 0 Å². The van der Waals surface area contributed by atoms with Gasteiger partial charge in [-0.2, -0.15) is 0 Å². The van der Waals surface area contributed by atoms with Crippen LogP contribution in [0.3, 0.4) is 0 Å². The number of thiazole rings is 1. The van der Waals surface area contributed by atoms with Crippen LogP contribution in [0.1, 0.15) is 22.3 Å². The highest BCUT2D eigenvalue weighted by atomic mass is 32.1. The van der Waals surface area contributed by atoms with Crippen molar-refractivity contribution in [2.75, 3.05) is 12.4 Å².